The van der Waals surface area contributed by atoms with Gasteiger partial charge in [-0.15, -0.1) is 0 Å². The summed E-state index contributed by atoms with van der Waals surface area (Å²) in [5.41, 5.74) is 10.6. The summed E-state index contributed by atoms with van der Waals surface area (Å²) in [6, 6.07) is -4.64. The van der Waals surface area contributed by atoms with Gasteiger partial charge in [0, 0.05) is 11.5 Å². The van der Waals surface area contributed by atoms with E-state index in [-0.39, 0.29) is 17.4 Å². The minimum atomic E-state index is -1.54. The predicted octanol–water partition coefficient (Wildman–Crippen LogP) is -2.37. The average molecular weight is 452 g/mol. The van der Waals surface area contributed by atoms with Crippen molar-refractivity contribution in [3.05, 3.63) is 0 Å². The largest absolute Gasteiger partial charge is 0.480 e. The van der Waals surface area contributed by atoms with Gasteiger partial charge in [0.05, 0.1) is 12.5 Å². The number of carboxylic acid groups (broad SMARTS) is 1. The molecule has 0 spiro atoms. The smallest absolute Gasteiger partial charge is 0.326 e. The molecule has 5 atom stereocenters. The van der Waals surface area contributed by atoms with Gasteiger partial charge in [-0.3, -0.25) is 19.2 Å². The molecule has 13 heteroatoms. The number of nitrogens with one attached hydrogen (secondary N) is 3. The highest BCUT2D eigenvalue weighted by Gasteiger charge is 2.32. The summed E-state index contributed by atoms with van der Waals surface area (Å²) in [6.45, 7) is 3.56. The first-order valence-corrected chi connectivity index (χ1v) is 10.1. The van der Waals surface area contributed by atoms with E-state index in [1.54, 1.807) is 6.92 Å². The maximum atomic E-state index is 12.7. The SMILES string of the molecule is CCC(C)C(NC(=O)C(N)CS)C(=O)NC(CS)C(=O)NC(CC(N)=O)C(=O)O. The first-order chi connectivity index (χ1) is 13.5. The number of hydrogen-bond donors (Lipinski definition) is 8. The summed E-state index contributed by atoms with van der Waals surface area (Å²) in [5.74, 6) is -4.80. The van der Waals surface area contributed by atoms with Crippen molar-refractivity contribution in [3.8, 4) is 0 Å². The van der Waals surface area contributed by atoms with Crippen LogP contribution in [-0.2, 0) is 24.0 Å². The van der Waals surface area contributed by atoms with E-state index in [0.717, 1.165) is 0 Å². The minimum Gasteiger partial charge on any atom is -0.480 e. The Balaban J connectivity index is 5.26. The Morgan fingerprint density at radius 2 is 1.48 bits per heavy atom. The summed E-state index contributed by atoms with van der Waals surface area (Å²) < 4.78 is 0. The Labute approximate surface area is 179 Å². The van der Waals surface area contributed by atoms with Crippen LogP contribution in [0.5, 0.6) is 0 Å². The lowest BCUT2D eigenvalue weighted by Gasteiger charge is -2.27. The molecule has 5 unspecified atom stereocenters. The summed E-state index contributed by atoms with van der Waals surface area (Å²) >= 11 is 7.95. The van der Waals surface area contributed by atoms with E-state index in [0.29, 0.717) is 6.42 Å². The first kappa shape index (κ1) is 27.0. The van der Waals surface area contributed by atoms with Crippen LogP contribution < -0.4 is 27.4 Å². The van der Waals surface area contributed by atoms with E-state index in [4.69, 9.17) is 16.6 Å². The van der Waals surface area contributed by atoms with Crippen LogP contribution in [0.25, 0.3) is 0 Å². The molecule has 166 valence electrons. The highest BCUT2D eigenvalue weighted by Crippen LogP contribution is 2.09. The van der Waals surface area contributed by atoms with E-state index in [1.165, 1.54) is 0 Å². The average Bonchev–Trinajstić information content (AvgIpc) is 2.67. The van der Waals surface area contributed by atoms with Crippen LogP contribution in [0.3, 0.4) is 0 Å². The van der Waals surface area contributed by atoms with Gasteiger partial charge in [0.1, 0.15) is 18.1 Å². The van der Waals surface area contributed by atoms with Gasteiger partial charge in [0.2, 0.25) is 23.6 Å². The monoisotopic (exact) mass is 451 g/mol. The highest BCUT2D eigenvalue weighted by molar-refractivity contribution is 7.80. The number of carbonyl (C=O) groups is 5. The molecule has 0 bridgehead atoms. The van der Waals surface area contributed by atoms with E-state index in [1.807, 2.05) is 6.92 Å². The number of hydrogen-bond acceptors (Lipinski definition) is 8. The molecule has 29 heavy (non-hydrogen) atoms. The van der Waals surface area contributed by atoms with Crippen molar-refractivity contribution >= 4 is 54.9 Å². The number of primary amides is 1. The maximum Gasteiger partial charge on any atom is 0.326 e. The lowest BCUT2D eigenvalue weighted by molar-refractivity contribution is -0.143. The second-order valence-electron chi connectivity index (χ2n) is 6.47. The molecule has 0 aromatic carbocycles. The summed E-state index contributed by atoms with van der Waals surface area (Å²) in [7, 11) is 0. The third kappa shape index (κ3) is 9.37. The molecule has 0 aliphatic rings. The van der Waals surface area contributed by atoms with Gasteiger partial charge < -0.3 is 32.5 Å². The van der Waals surface area contributed by atoms with Gasteiger partial charge in [0.25, 0.3) is 0 Å². The molecule has 0 aromatic rings. The molecule has 0 aromatic heterocycles. The molecule has 0 heterocycles. The molecule has 8 N–H and O–H groups in total. The zero-order chi connectivity index (χ0) is 22.7. The third-order valence-corrected chi connectivity index (χ3v) is 4.92. The van der Waals surface area contributed by atoms with Crippen LogP contribution in [0.15, 0.2) is 0 Å². The second-order valence-corrected chi connectivity index (χ2v) is 7.20. The fraction of sp³-hybridized carbons (Fsp3) is 0.688. The van der Waals surface area contributed by atoms with Crippen molar-refractivity contribution < 1.29 is 29.1 Å². The van der Waals surface area contributed by atoms with Crippen molar-refractivity contribution in [2.75, 3.05) is 11.5 Å². The molecule has 4 amide bonds. The van der Waals surface area contributed by atoms with Crippen LogP contribution in [0.4, 0.5) is 0 Å². The van der Waals surface area contributed by atoms with E-state index >= 15 is 0 Å². The van der Waals surface area contributed by atoms with Gasteiger partial charge in [-0.05, 0) is 5.92 Å². The van der Waals surface area contributed by atoms with Crippen molar-refractivity contribution in [1.29, 1.82) is 0 Å². The highest BCUT2D eigenvalue weighted by atomic mass is 32.1. The molecule has 0 saturated heterocycles. The van der Waals surface area contributed by atoms with Gasteiger partial charge in [0.15, 0.2) is 0 Å². The Hall–Kier alpha value is -1.99. The van der Waals surface area contributed by atoms with Gasteiger partial charge in [-0.2, -0.15) is 25.3 Å². The molecule has 11 nitrogen and oxygen atoms in total. The molecular weight excluding hydrogens is 422 g/mol. The van der Waals surface area contributed by atoms with E-state index < -0.39 is 60.2 Å². The second kappa shape index (κ2) is 13.3. The lowest BCUT2D eigenvalue weighted by atomic mass is 9.97. The molecule has 0 radical (unpaired) electrons. The number of thiol groups is 2. The summed E-state index contributed by atoms with van der Waals surface area (Å²) in [6.07, 6.45) is -0.0621. The van der Waals surface area contributed by atoms with E-state index in [2.05, 4.69) is 41.2 Å². The normalized spacial score (nSPS) is 15.9. The third-order valence-electron chi connectivity index (χ3n) is 4.16. The van der Waals surface area contributed by atoms with Crippen LogP contribution >= 0.6 is 25.3 Å². The number of carbonyl (C=O) groups excluding carboxylic acids is 4. The number of aliphatic carboxylic acids is 1. The number of nitrogens with two attached hydrogens (primary N) is 2. The fourth-order valence-corrected chi connectivity index (χ4v) is 2.60. The van der Waals surface area contributed by atoms with Crippen LogP contribution in [0, 0.1) is 5.92 Å². The first-order valence-electron chi connectivity index (χ1n) is 8.87. The molecule has 0 aliphatic heterocycles. The van der Waals surface area contributed by atoms with Gasteiger partial charge in [-0.1, -0.05) is 20.3 Å². The summed E-state index contributed by atoms with van der Waals surface area (Å²) in [4.78, 5) is 59.2. The van der Waals surface area contributed by atoms with Crippen LogP contribution in [-0.4, -0.2) is 70.4 Å². The quantitative estimate of drug-likeness (QED) is 0.143. The van der Waals surface area contributed by atoms with Crippen LogP contribution in [0.2, 0.25) is 0 Å². The Kier molecular flexibility index (Phi) is 12.4. The van der Waals surface area contributed by atoms with Gasteiger partial charge in [-0.25, -0.2) is 4.79 Å². The number of rotatable bonds is 13. The Morgan fingerprint density at radius 3 is 1.90 bits per heavy atom. The van der Waals surface area contributed by atoms with Crippen molar-refractivity contribution in [1.82, 2.24) is 16.0 Å². The molecule has 0 saturated carbocycles. The van der Waals surface area contributed by atoms with Crippen molar-refractivity contribution in [3.63, 3.8) is 0 Å². The lowest BCUT2D eigenvalue weighted by Crippen LogP contribution is -2.59. The minimum absolute atomic E-state index is 0.0821. The predicted molar refractivity (Wildman–Crippen MR) is 112 cm³/mol. The van der Waals surface area contributed by atoms with Gasteiger partial charge >= 0.3 is 5.97 Å². The number of carboxylic acids is 1. The molecule has 0 rings (SSSR count). The van der Waals surface area contributed by atoms with Crippen molar-refractivity contribution in [2.45, 2.75) is 50.9 Å². The molecular formula is C16H29N5O6S2. The van der Waals surface area contributed by atoms with Crippen LogP contribution in [0.1, 0.15) is 26.7 Å². The molecule has 0 aliphatic carbocycles. The zero-order valence-corrected chi connectivity index (χ0v) is 18.0. The fourth-order valence-electron chi connectivity index (χ4n) is 2.17. The molecule has 0 fully saturated rings. The standard InChI is InChI=1S/C16H29N5O6S2/c1-3-7(2)12(21-13(23)8(17)5-28)15(25)20-10(6-29)14(24)19-9(16(26)27)4-11(18)22/h7-10,12,28-29H,3-6,17H2,1-2H3,(H2,18,22)(H,19,24)(H,20,25)(H,21,23)(H,26,27). The zero-order valence-electron chi connectivity index (χ0n) is 16.3. The van der Waals surface area contributed by atoms with Crippen molar-refractivity contribution in [2.24, 2.45) is 17.4 Å². The van der Waals surface area contributed by atoms with E-state index in [9.17, 15) is 24.0 Å². The number of amides is 4. The maximum absolute atomic E-state index is 12.7. The Bertz CT molecular complexity index is 621. The Morgan fingerprint density at radius 1 is 0.931 bits per heavy atom. The topological polar surface area (TPSA) is 194 Å². The summed E-state index contributed by atoms with van der Waals surface area (Å²) in [5, 5.41) is 16.2.